The van der Waals surface area contributed by atoms with Crippen molar-refractivity contribution in [3.8, 4) is 10.4 Å². The molecule has 1 aliphatic rings. The number of thiazole rings is 1. The van der Waals surface area contributed by atoms with Crippen LogP contribution in [0.25, 0.3) is 21.3 Å². The minimum atomic E-state index is -0.387. The Labute approximate surface area is 204 Å². The lowest BCUT2D eigenvalue weighted by Gasteiger charge is -2.23. The highest BCUT2D eigenvalue weighted by molar-refractivity contribution is 7.99. The average Bonchev–Trinajstić information content (AvgIpc) is 3.55. The molecule has 0 bridgehead atoms. The first-order chi connectivity index (χ1) is 16.4. The Morgan fingerprint density at radius 1 is 1.15 bits per heavy atom. The summed E-state index contributed by atoms with van der Waals surface area (Å²) in [5.41, 5.74) is 1.86. The predicted molar refractivity (Wildman–Crippen MR) is 133 cm³/mol. The van der Waals surface area contributed by atoms with Gasteiger partial charge in [-0.2, -0.15) is 5.10 Å². The summed E-state index contributed by atoms with van der Waals surface area (Å²) in [5.74, 6) is 0.252. The van der Waals surface area contributed by atoms with Gasteiger partial charge >= 0.3 is 0 Å². The Bertz CT molecular complexity index is 1400. The van der Waals surface area contributed by atoms with Crippen molar-refractivity contribution in [1.29, 1.82) is 0 Å². The number of aryl methyl sites for hydroxylation is 2. The van der Waals surface area contributed by atoms with Crippen molar-refractivity contribution < 1.29 is 14.0 Å². The van der Waals surface area contributed by atoms with Gasteiger partial charge in [0.15, 0.2) is 5.69 Å². The Morgan fingerprint density at radius 3 is 2.74 bits per heavy atom. The van der Waals surface area contributed by atoms with E-state index in [0.717, 1.165) is 10.9 Å². The molecule has 0 radical (unpaired) electrons. The Morgan fingerprint density at radius 2 is 1.91 bits per heavy atom. The molecule has 4 aromatic rings. The molecule has 0 aliphatic carbocycles. The number of carbonyl (C=O) groups is 2. The molecule has 2 aromatic heterocycles. The fourth-order valence-electron chi connectivity index (χ4n) is 4.09. The Balaban J connectivity index is 1.34. The Kier molecular flexibility index (Phi) is 6.09. The van der Waals surface area contributed by atoms with Crippen LogP contribution in [0.4, 0.5) is 4.39 Å². The van der Waals surface area contributed by atoms with Gasteiger partial charge in [-0.1, -0.05) is 36.4 Å². The molecule has 7 nitrogen and oxygen atoms in total. The number of fused-ring (bicyclic) bond motifs is 1. The van der Waals surface area contributed by atoms with Crippen LogP contribution in [0.2, 0.25) is 0 Å². The summed E-state index contributed by atoms with van der Waals surface area (Å²) >= 11 is 2.92. The topological polar surface area (TPSA) is 80.1 Å². The van der Waals surface area contributed by atoms with Gasteiger partial charge in [0.2, 0.25) is 0 Å². The van der Waals surface area contributed by atoms with E-state index in [9.17, 15) is 14.0 Å². The number of hydrogen-bond acceptors (Lipinski definition) is 6. The van der Waals surface area contributed by atoms with Crippen molar-refractivity contribution in [2.45, 2.75) is 13.0 Å². The fourth-order valence-corrected chi connectivity index (χ4v) is 6.23. The standard InChI is InChI=1S/C24H22FN5O2S2/c1-14-27-21(22(34-14)16-7-3-5-9-18(16)25)24(32)30-13-33-12-15(30)11-26-23(31)20-17-8-4-6-10-19(17)29(2)28-20/h3-10,15H,11-13H2,1-2H3,(H,26,31)/t15-/m1/s1. The van der Waals surface area contributed by atoms with E-state index in [0.29, 0.717) is 39.3 Å². The van der Waals surface area contributed by atoms with Crippen LogP contribution in [0.1, 0.15) is 26.0 Å². The van der Waals surface area contributed by atoms with Crippen LogP contribution in [0, 0.1) is 12.7 Å². The zero-order chi connectivity index (χ0) is 23.8. The highest BCUT2D eigenvalue weighted by Crippen LogP contribution is 2.34. The third-order valence-electron chi connectivity index (χ3n) is 5.77. The van der Waals surface area contributed by atoms with Gasteiger partial charge < -0.3 is 10.2 Å². The number of carbonyl (C=O) groups excluding carboxylic acids is 2. The molecule has 2 aromatic carbocycles. The third kappa shape index (κ3) is 4.07. The van der Waals surface area contributed by atoms with E-state index in [2.05, 4.69) is 15.4 Å². The average molecular weight is 496 g/mol. The molecule has 5 rings (SSSR count). The van der Waals surface area contributed by atoms with Crippen molar-refractivity contribution in [3.05, 3.63) is 70.7 Å². The smallest absolute Gasteiger partial charge is 0.275 e. The van der Waals surface area contributed by atoms with Gasteiger partial charge in [-0.25, -0.2) is 9.37 Å². The van der Waals surface area contributed by atoms with Crippen LogP contribution in [0.15, 0.2) is 48.5 Å². The number of aromatic nitrogens is 3. The lowest BCUT2D eigenvalue weighted by molar-refractivity contribution is 0.0731. The summed E-state index contributed by atoms with van der Waals surface area (Å²) in [5, 5.41) is 8.79. The number of rotatable bonds is 5. The number of hydrogen-bond donors (Lipinski definition) is 1. The van der Waals surface area contributed by atoms with Gasteiger partial charge in [0, 0.05) is 30.3 Å². The first kappa shape index (κ1) is 22.5. The molecule has 10 heteroatoms. The second kappa shape index (κ2) is 9.19. The monoisotopic (exact) mass is 495 g/mol. The van der Waals surface area contributed by atoms with Crippen molar-refractivity contribution in [1.82, 2.24) is 25.0 Å². The van der Waals surface area contributed by atoms with Gasteiger partial charge in [-0.05, 0) is 19.1 Å². The number of amides is 2. The number of para-hydroxylation sites is 1. The molecule has 0 saturated carbocycles. The zero-order valence-electron chi connectivity index (χ0n) is 18.6. The minimum absolute atomic E-state index is 0.202. The first-order valence-corrected chi connectivity index (χ1v) is 12.7. The third-order valence-corrected chi connectivity index (χ3v) is 7.85. The molecule has 2 amide bonds. The summed E-state index contributed by atoms with van der Waals surface area (Å²) in [6, 6.07) is 13.8. The highest BCUT2D eigenvalue weighted by atomic mass is 32.2. The SMILES string of the molecule is Cc1nc(C(=O)N2CSC[C@H]2CNC(=O)c2nn(C)c3ccccc23)c(-c2ccccc2F)s1. The van der Waals surface area contributed by atoms with E-state index in [1.54, 1.807) is 53.5 Å². The predicted octanol–water partition coefficient (Wildman–Crippen LogP) is 4.09. The molecule has 34 heavy (non-hydrogen) atoms. The molecule has 1 atom stereocenters. The van der Waals surface area contributed by atoms with Gasteiger partial charge in [0.25, 0.3) is 11.8 Å². The minimum Gasteiger partial charge on any atom is -0.349 e. The van der Waals surface area contributed by atoms with Crippen LogP contribution in [0.5, 0.6) is 0 Å². The normalized spacial score (nSPS) is 15.7. The molecule has 0 spiro atoms. The number of halogens is 1. The molecule has 0 unspecified atom stereocenters. The van der Waals surface area contributed by atoms with Crippen molar-refractivity contribution in [2.75, 3.05) is 18.2 Å². The molecule has 1 aliphatic heterocycles. The van der Waals surface area contributed by atoms with Gasteiger partial charge in [0.1, 0.15) is 11.5 Å². The first-order valence-electron chi connectivity index (χ1n) is 10.7. The molecule has 3 heterocycles. The molecule has 174 valence electrons. The fraction of sp³-hybridized carbons (Fsp3) is 0.250. The number of benzene rings is 2. The molecular formula is C24H22FN5O2S2. The van der Waals surface area contributed by atoms with Crippen molar-refractivity contribution >= 4 is 45.8 Å². The highest BCUT2D eigenvalue weighted by Gasteiger charge is 2.33. The number of nitrogens with one attached hydrogen (secondary N) is 1. The molecule has 1 N–H and O–H groups in total. The van der Waals surface area contributed by atoms with Crippen LogP contribution < -0.4 is 5.32 Å². The maximum Gasteiger partial charge on any atom is 0.275 e. The molecular weight excluding hydrogens is 473 g/mol. The second-order valence-electron chi connectivity index (χ2n) is 8.02. The molecule has 1 saturated heterocycles. The van der Waals surface area contributed by atoms with Gasteiger partial charge in [-0.15, -0.1) is 23.1 Å². The van der Waals surface area contributed by atoms with Crippen molar-refractivity contribution in [3.63, 3.8) is 0 Å². The van der Waals surface area contributed by atoms with Crippen LogP contribution in [-0.2, 0) is 7.05 Å². The summed E-state index contributed by atoms with van der Waals surface area (Å²) in [6.07, 6.45) is 0. The lowest BCUT2D eigenvalue weighted by Crippen LogP contribution is -2.44. The van der Waals surface area contributed by atoms with Gasteiger partial charge in [-0.3, -0.25) is 14.3 Å². The summed E-state index contributed by atoms with van der Waals surface area (Å²) in [6.45, 7) is 2.10. The quantitative estimate of drug-likeness (QED) is 0.451. The van der Waals surface area contributed by atoms with Gasteiger partial charge in [0.05, 0.1) is 27.3 Å². The van der Waals surface area contributed by atoms with Crippen LogP contribution in [-0.4, -0.2) is 55.7 Å². The summed E-state index contributed by atoms with van der Waals surface area (Å²) in [4.78, 5) is 33.1. The van der Waals surface area contributed by atoms with E-state index in [4.69, 9.17) is 0 Å². The lowest BCUT2D eigenvalue weighted by atomic mass is 10.1. The van der Waals surface area contributed by atoms with Crippen molar-refractivity contribution in [2.24, 2.45) is 7.05 Å². The second-order valence-corrected chi connectivity index (χ2v) is 10.2. The van der Waals surface area contributed by atoms with E-state index < -0.39 is 0 Å². The number of nitrogens with zero attached hydrogens (tertiary/aromatic N) is 4. The number of thioether (sulfide) groups is 1. The molecule has 1 fully saturated rings. The van der Waals surface area contributed by atoms with E-state index in [-0.39, 0.29) is 29.4 Å². The summed E-state index contributed by atoms with van der Waals surface area (Å²) < 4.78 is 16.1. The zero-order valence-corrected chi connectivity index (χ0v) is 20.3. The van der Waals surface area contributed by atoms with Crippen LogP contribution in [0.3, 0.4) is 0 Å². The maximum atomic E-state index is 14.5. The van der Waals surface area contributed by atoms with E-state index in [1.807, 2.05) is 24.3 Å². The largest absolute Gasteiger partial charge is 0.349 e. The Hall–Kier alpha value is -3.24. The maximum absolute atomic E-state index is 14.5. The van der Waals surface area contributed by atoms with E-state index >= 15 is 0 Å². The van der Waals surface area contributed by atoms with Crippen LogP contribution >= 0.6 is 23.1 Å². The summed E-state index contributed by atoms with van der Waals surface area (Å²) in [7, 11) is 1.80. The van der Waals surface area contributed by atoms with E-state index in [1.165, 1.54) is 17.4 Å².